The lowest BCUT2D eigenvalue weighted by molar-refractivity contribution is 0.321. The second-order valence-electron chi connectivity index (χ2n) is 4.74. The van der Waals surface area contributed by atoms with E-state index in [-0.39, 0.29) is 6.04 Å². The number of nitrogens with zero attached hydrogens (tertiary/aromatic N) is 2. The average molecular weight is 207 g/mol. The van der Waals surface area contributed by atoms with Crippen LogP contribution < -0.4 is 5.73 Å². The molecule has 1 atom stereocenters. The van der Waals surface area contributed by atoms with Crippen molar-refractivity contribution in [1.82, 2.24) is 9.78 Å². The van der Waals surface area contributed by atoms with Crippen molar-refractivity contribution in [3.05, 3.63) is 18.0 Å². The number of nitrogens with two attached hydrogens (primary N) is 1. The SMILES string of the molecule is CC(N)Cc1ccnn1C1CCCCC1. The summed E-state index contributed by atoms with van der Waals surface area (Å²) in [7, 11) is 0. The van der Waals surface area contributed by atoms with Crippen LogP contribution in [0.4, 0.5) is 0 Å². The molecule has 3 nitrogen and oxygen atoms in total. The molecule has 0 amide bonds. The van der Waals surface area contributed by atoms with Crippen LogP contribution in [-0.2, 0) is 6.42 Å². The van der Waals surface area contributed by atoms with Crippen LogP contribution in [-0.4, -0.2) is 15.8 Å². The third kappa shape index (κ3) is 2.59. The van der Waals surface area contributed by atoms with E-state index in [0.29, 0.717) is 6.04 Å². The Bertz CT molecular complexity index is 298. The van der Waals surface area contributed by atoms with Gasteiger partial charge in [0.15, 0.2) is 0 Å². The maximum absolute atomic E-state index is 5.84. The second-order valence-corrected chi connectivity index (χ2v) is 4.74. The van der Waals surface area contributed by atoms with Crippen LogP contribution in [0.2, 0.25) is 0 Å². The predicted molar refractivity (Wildman–Crippen MR) is 61.7 cm³/mol. The van der Waals surface area contributed by atoms with Gasteiger partial charge in [-0.05, 0) is 25.8 Å². The molecule has 1 heterocycles. The van der Waals surface area contributed by atoms with E-state index in [9.17, 15) is 0 Å². The smallest absolute Gasteiger partial charge is 0.0522 e. The molecule has 0 aliphatic heterocycles. The first kappa shape index (κ1) is 10.7. The maximum Gasteiger partial charge on any atom is 0.0522 e. The first-order chi connectivity index (χ1) is 7.27. The highest BCUT2D eigenvalue weighted by atomic mass is 15.3. The summed E-state index contributed by atoms with van der Waals surface area (Å²) >= 11 is 0. The molecule has 15 heavy (non-hydrogen) atoms. The van der Waals surface area contributed by atoms with Crippen LogP contribution in [0.15, 0.2) is 12.3 Å². The quantitative estimate of drug-likeness (QED) is 0.826. The van der Waals surface area contributed by atoms with Crippen LogP contribution in [0, 0.1) is 0 Å². The predicted octanol–water partition coefficient (Wildman–Crippen LogP) is 2.28. The highest BCUT2D eigenvalue weighted by Gasteiger charge is 2.18. The molecular weight excluding hydrogens is 186 g/mol. The van der Waals surface area contributed by atoms with Crippen molar-refractivity contribution in [1.29, 1.82) is 0 Å². The first-order valence-electron chi connectivity index (χ1n) is 6.05. The minimum Gasteiger partial charge on any atom is -0.328 e. The zero-order valence-corrected chi connectivity index (χ0v) is 9.52. The minimum absolute atomic E-state index is 0.226. The Labute approximate surface area is 91.7 Å². The lowest BCUT2D eigenvalue weighted by atomic mass is 9.95. The van der Waals surface area contributed by atoms with Crippen molar-refractivity contribution >= 4 is 0 Å². The van der Waals surface area contributed by atoms with E-state index >= 15 is 0 Å². The molecular formula is C12H21N3. The van der Waals surface area contributed by atoms with Crippen molar-refractivity contribution in [2.75, 3.05) is 0 Å². The van der Waals surface area contributed by atoms with E-state index in [1.165, 1.54) is 37.8 Å². The van der Waals surface area contributed by atoms with Gasteiger partial charge in [-0.25, -0.2) is 0 Å². The van der Waals surface area contributed by atoms with Crippen LogP contribution in [0.25, 0.3) is 0 Å². The van der Waals surface area contributed by atoms with Gasteiger partial charge in [-0.1, -0.05) is 19.3 Å². The van der Waals surface area contributed by atoms with Gasteiger partial charge in [-0.3, -0.25) is 4.68 Å². The number of rotatable bonds is 3. The Morgan fingerprint density at radius 3 is 2.87 bits per heavy atom. The van der Waals surface area contributed by atoms with Crippen molar-refractivity contribution in [3.8, 4) is 0 Å². The molecule has 1 unspecified atom stereocenters. The van der Waals surface area contributed by atoms with Crippen LogP contribution in [0.5, 0.6) is 0 Å². The molecule has 0 aromatic carbocycles. The van der Waals surface area contributed by atoms with Crippen LogP contribution >= 0.6 is 0 Å². The number of hydrogen-bond acceptors (Lipinski definition) is 2. The van der Waals surface area contributed by atoms with Crippen LogP contribution in [0.3, 0.4) is 0 Å². The van der Waals surface area contributed by atoms with E-state index in [1.807, 2.05) is 6.20 Å². The third-order valence-electron chi connectivity index (χ3n) is 3.20. The summed E-state index contributed by atoms with van der Waals surface area (Å²) in [4.78, 5) is 0. The van der Waals surface area contributed by atoms with Crippen molar-refractivity contribution in [2.24, 2.45) is 5.73 Å². The van der Waals surface area contributed by atoms with E-state index in [1.54, 1.807) is 0 Å². The Morgan fingerprint density at radius 1 is 1.47 bits per heavy atom. The Hall–Kier alpha value is -0.830. The highest BCUT2D eigenvalue weighted by molar-refractivity contribution is 5.04. The van der Waals surface area contributed by atoms with Gasteiger partial charge >= 0.3 is 0 Å². The fourth-order valence-electron chi connectivity index (χ4n) is 2.49. The Morgan fingerprint density at radius 2 is 2.20 bits per heavy atom. The molecule has 2 N–H and O–H groups in total. The standard InChI is InChI=1S/C12H21N3/c1-10(13)9-12-7-8-14-15(12)11-5-3-2-4-6-11/h7-8,10-11H,2-6,9,13H2,1H3. The largest absolute Gasteiger partial charge is 0.328 e. The lowest BCUT2D eigenvalue weighted by Crippen LogP contribution is -2.23. The first-order valence-corrected chi connectivity index (χ1v) is 6.05. The van der Waals surface area contributed by atoms with Gasteiger partial charge in [-0.15, -0.1) is 0 Å². The van der Waals surface area contributed by atoms with E-state index in [0.717, 1.165) is 6.42 Å². The summed E-state index contributed by atoms with van der Waals surface area (Å²) in [6.45, 7) is 2.05. The molecule has 0 radical (unpaired) electrons. The summed E-state index contributed by atoms with van der Waals surface area (Å²) in [5.74, 6) is 0. The minimum atomic E-state index is 0.226. The molecule has 1 aliphatic carbocycles. The monoisotopic (exact) mass is 207 g/mol. The Balaban J connectivity index is 2.09. The van der Waals surface area contributed by atoms with E-state index in [2.05, 4.69) is 22.8 Å². The molecule has 1 saturated carbocycles. The third-order valence-corrected chi connectivity index (χ3v) is 3.20. The molecule has 1 aromatic rings. The van der Waals surface area contributed by atoms with Gasteiger partial charge in [0.05, 0.1) is 6.04 Å². The highest BCUT2D eigenvalue weighted by Crippen LogP contribution is 2.28. The van der Waals surface area contributed by atoms with Crippen LogP contribution in [0.1, 0.15) is 50.8 Å². The van der Waals surface area contributed by atoms with Gasteiger partial charge in [-0.2, -0.15) is 5.10 Å². The zero-order valence-electron chi connectivity index (χ0n) is 9.52. The lowest BCUT2D eigenvalue weighted by Gasteiger charge is -2.24. The fraction of sp³-hybridized carbons (Fsp3) is 0.750. The molecule has 0 saturated heterocycles. The zero-order chi connectivity index (χ0) is 10.7. The van der Waals surface area contributed by atoms with Gasteiger partial charge in [0.1, 0.15) is 0 Å². The summed E-state index contributed by atoms with van der Waals surface area (Å²) in [6, 6.07) is 2.96. The molecule has 2 rings (SSSR count). The molecule has 1 aromatic heterocycles. The van der Waals surface area contributed by atoms with E-state index < -0.39 is 0 Å². The van der Waals surface area contributed by atoms with Crippen molar-refractivity contribution < 1.29 is 0 Å². The fourth-order valence-corrected chi connectivity index (χ4v) is 2.49. The maximum atomic E-state index is 5.84. The molecule has 0 spiro atoms. The number of hydrogen-bond donors (Lipinski definition) is 1. The van der Waals surface area contributed by atoms with Gasteiger partial charge in [0.25, 0.3) is 0 Å². The van der Waals surface area contributed by atoms with Gasteiger partial charge in [0, 0.05) is 24.4 Å². The summed E-state index contributed by atoms with van der Waals surface area (Å²) < 4.78 is 2.21. The topological polar surface area (TPSA) is 43.8 Å². The Kier molecular flexibility index (Phi) is 3.41. The average Bonchev–Trinajstić information content (AvgIpc) is 2.66. The molecule has 1 fully saturated rings. The molecule has 1 aliphatic rings. The molecule has 3 heteroatoms. The normalized spacial score (nSPS) is 20.4. The summed E-state index contributed by atoms with van der Waals surface area (Å²) in [6.07, 6.45) is 9.51. The van der Waals surface area contributed by atoms with E-state index in [4.69, 9.17) is 5.73 Å². The number of aromatic nitrogens is 2. The summed E-state index contributed by atoms with van der Waals surface area (Å²) in [5.41, 5.74) is 7.14. The molecule has 0 bridgehead atoms. The summed E-state index contributed by atoms with van der Waals surface area (Å²) in [5, 5.41) is 4.45. The van der Waals surface area contributed by atoms with Crippen molar-refractivity contribution in [3.63, 3.8) is 0 Å². The second kappa shape index (κ2) is 4.79. The van der Waals surface area contributed by atoms with Gasteiger partial charge in [0.2, 0.25) is 0 Å². The van der Waals surface area contributed by atoms with Gasteiger partial charge < -0.3 is 5.73 Å². The molecule has 84 valence electrons. The van der Waals surface area contributed by atoms with Crippen molar-refractivity contribution in [2.45, 2.75) is 57.5 Å².